The Kier molecular flexibility index (Phi) is 3.65. The third kappa shape index (κ3) is 2.70. The van der Waals surface area contributed by atoms with Gasteiger partial charge < -0.3 is 10.1 Å². The number of carbonyl (C=O) groups is 2. The Bertz CT molecular complexity index is 482. The fourth-order valence-corrected chi connectivity index (χ4v) is 2.11. The fraction of sp³-hybridized carbons (Fsp3) is 0.429. The topological polar surface area (TPSA) is 55.4 Å². The van der Waals surface area contributed by atoms with Gasteiger partial charge in [0.2, 0.25) is 5.78 Å². The summed E-state index contributed by atoms with van der Waals surface area (Å²) >= 11 is 0. The third-order valence-electron chi connectivity index (χ3n) is 3.06. The monoisotopic (exact) mass is 247 g/mol. The SMILES string of the molecule is CC(=O)C(=O)NC1CCCOc2ccc(C)cc21. The number of nitrogens with one attached hydrogen (secondary N) is 1. The number of Topliss-reactive ketones (excluding diaryl/α,β-unsaturated/α-hetero) is 1. The first-order chi connectivity index (χ1) is 8.58. The average molecular weight is 247 g/mol. The van der Waals surface area contributed by atoms with Crippen molar-refractivity contribution in [1.29, 1.82) is 0 Å². The van der Waals surface area contributed by atoms with Gasteiger partial charge in [0.05, 0.1) is 12.6 Å². The maximum absolute atomic E-state index is 11.5. The number of rotatable bonds is 2. The number of hydrogen-bond acceptors (Lipinski definition) is 3. The summed E-state index contributed by atoms with van der Waals surface area (Å²) in [5, 5.41) is 2.77. The van der Waals surface area contributed by atoms with Crippen LogP contribution in [0.3, 0.4) is 0 Å². The molecule has 0 aliphatic carbocycles. The van der Waals surface area contributed by atoms with Crippen LogP contribution >= 0.6 is 0 Å². The van der Waals surface area contributed by atoms with E-state index in [1.165, 1.54) is 6.92 Å². The van der Waals surface area contributed by atoms with Crippen molar-refractivity contribution in [2.45, 2.75) is 32.7 Å². The van der Waals surface area contributed by atoms with Crippen LogP contribution in [0.4, 0.5) is 0 Å². The minimum atomic E-state index is -0.533. The molecule has 1 atom stereocenters. The van der Waals surface area contributed by atoms with E-state index < -0.39 is 11.7 Å². The van der Waals surface area contributed by atoms with Gasteiger partial charge in [0.25, 0.3) is 5.91 Å². The van der Waals surface area contributed by atoms with Crippen LogP contribution in [0.1, 0.15) is 36.9 Å². The molecule has 4 nitrogen and oxygen atoms in total. The van der Waals surface area contributed by atoms with Crippen molar-refractivity contribution < 1.29 is 14.3 Å². The molecule has 1 aliphatic rings. The molecule has 1 amide bonds. The van der Waals surface area contributed by atoms with E-state index in [0.717, 1.165) is 29.7 Å². The summed E-state index contributed by atoms with van der Waals surface area (Å²) in [5.41, 5.74) is 2.07. The number of ether oxygens (including phenoxy) is 1. The molecule has 1 aromatic rings. The van der Waals surface area contributed by atoms with E-state index in [4.69, 9.17) is 4.74 Å². The quantitative estimate of drug-likeness (QED) is 0.812. The number of amides is 1. The number of aryl methyl sites for hydroxylation is 1. The van der Waals surface area contributed by atoms with E-state index in [0.29, 0.717) is 6.61 Å². The second-order valence-electron chi connectivity index (χ2n) is 4.61. The number of benzene rings is 1. The number of hydrogen-bond donors (Lipinski definition) is 1. The lowest BCUT2D eigenvalue weighted by molar-refractivity contribution is -0.137. The van der Waals surface area contributed by atoms with Crippen molar-refractivity contribution in [3.63, 3.8) is 0 Å². The van der Waals surface area contributed by atoms with Crippen LogP contribution < -0.4 is 10.1 Å². The van der Waals surface area contributed by atoms with Crippen LogP contribution in [0.25, 0.3) is 0 Å². The van der Waals surface area contributed by atoms with Gasteiger partial charge in [0.15, 0.2) is 0 Å². The van der Waals surface area contributed by atoms with E-state index in [-0.39, 0.29) is 6.04 Å². The third-order valence-corrected chi connectivity index (χ3v) is 3.06. The average Bonchev–Trinajstić information content (AvgIpc) is 2.52. The smallest absolute Gasteiger partial charge is 0.287 e. The van der Waals surface area contributed by atoms with Crippen molar-refractivity contribution in [3.8, 4) is 5.75 Å². The molecule has 0 bridgehead atoms. The van der Waals surface area contributed by atoms with Gasteiger partial charge in [0, 0.05) is 12.5 Å². The lowest BCUT2D eigenvalue weighted by Gasteiger charge is -2.18. The van der Waals surface area contributed by atoms with E-state index in [1.54, 1.807) is 0 Å². The highest BCUT2D eigenvalue weighted by Gasteiger charge is 2.22. The fourth-order valence-electron chi connectivity index (χ4n) is 2.11. The summed E-state index contributed by atoms with van der Waals surface area (Å²) < 4.78 is 5.64. The number of fused-ring (bicyclic) bond motifs is 1. The summed E-state index contributed by atoms with van der Waals surface area (Å²) in [5.74, 6) is -0.198. The molecule has 0 spiro atoms. The lowest BCUT2D eigenvalue weighted by Crippen LogP contribution is -2.32. The Balaban J connectivity index is 2.29. The maximum Gasteiger partial charge on any atom is 0.287 e. The van der Waals surface area contributed by atoms with Crippen LogP contribution in [0.15, 0.2) is 18.2 Å². The molecule has 0 saturated carbocycles. The maximum atomic E-state index is 11.5. The minimum absolute atomic E-state index is 0.140. The molecule has 0 radical (unpaired) electrons. The van der Waals surface area contributed by atoms with Crippen LogP contribution in [0, 0.1) is 6.92 Å². The largest absolute Gasteiger partial charge is 0.493 e. The second-order valence-corrected chi connectivity index (χ2v) is 4.61. The highest BCUT2D eigenvalue weighted by Crippen LogP contribution is 2.32. The van der Waals surface area contributed by atoms with Gasteiger partial charge in [-0.25, -0.2) is 0 Å². The van der Waals surface area contributed by atoms with Gasteiger partial charge in [0.1, 0.15) is 5.75 Å². The zero-order chi connectivity index (χ0) is 13.1. The molecule has 96 valence electrons. The molecule has 1 heterocycles. The predicted molar refractivity (Wildman–Crippen MR) is 67.5 cm³/mol. The number of ketones is 1. The molecule has 1 N–H and O–H groups in total. The molecular weight excluding hydrogens is 230 g/mol. The van der Waals surface area contributed by atoms with Crippen LogP contribution in [0.2, 0.25) is 0 Å². The summed E-state index contributed by atoms with van der Waals surface area (Å²) in [6.45, 7) is 3.91. The number of carbonyl (C=O) groups excluding carboxylic acids is 2. The Hall–Kier alpha value is -1.84. The Morgan fingerprint density at radius 2 is 2.17 bits per heavy atom. The first kappa shape index (κ1) is 12.6. The van der Waals surface area contributed by atoms with Crippen LogP contribution in [-0.2, 0) is 9.59 Å². The second kappa shape index (κ2) is 5.21. The molecule has 2 rings (SSSR count). The van der Waals surface area contributed by atoms with Gasteiger partial charge in [-0.1, -0.05) is 17.7 Å². The molecule has 0 fully saturated rings. The molecule has 18 heavy (non-hydrogen) atoms. The zero-order valence-corrected chi connectivity index (χ0v) is 10.7. The van der Waals surface area contributed by atoms with Crippen molar-refractivity contribution in [2.24, 2.45) is 0 Å². The van der Waals surface area contributed by atoms with Gasteiger partial charge in [-0.05, 0) is 25.8 Å². The normalized spacial score (nSPS) is 18.2. The molecule has 1 unspecified atom stereocenters. The lowest BCUT2D eigenvalue weighted by atomic mass is 10.00. The first-order valence-corrected chi connectivity index (χ1v) is 6.12. The Morgan fingerprint density at radius 3 is 2.89 bits per heavy atom. The van der Waals surface area contributed by atoms with E-state index in [1.807, 2.05) is 25.1 Å². The van der Waals surface area contributed by atoms with Gasteiger partial charge in [-0.15, -0.1) is 0 Å². The summed E-state index contributed by atoms with van der Waals surface area (Å²) in [7, 11) is 0. The van der Waals surface area contributed by atoms with E-state index in [9.17, 15) is 9.59 Å². The van der Waals surface area contributed by atoms with E-state index in [2.05, 4.69) is 5.32 Å². The van der Waals surface area contributed by atoms with Crippen molar-refractivity contribution >= 4 is 11.7 Å². The molecule has 1 aliphatic heterocycles. The van der Waals surface area contributed by atoms with Gasteiger partial charge >= 0.3 is 0 Å². The molecule has 4 heteroatoms. The highest BCUT2D eigenvalue weighted by atomic mass is 16.5. The molecule has 1 aromatic carbocycles. The standard InChI is InChI=1S/C14H17NO3/c1-9-5-6-13-11(8-9)12(4-3-7-18-13)15-14(17)10(2)16/h5-6,8,12H,3-4,7H2,1-2H3,(H,15,17). The van der Waals surface area contributed by atoms with Crippen LogP contribution in [0.5, 0.6) is 5.75 Å². The Morgan fingerprint density at radius 1 is 1.39 bits per heavy atom. The summed E-state index contributed by atoms with van der Waals surface area (Å²) in [4.78, 5) is 22.6. The van der Waals surface area contributed by atoms with Crippen molar-refractivity contribution in [2.75, 3.05) is 6.61 Å². The Labute approximate surface area is 106 Å². The first-order valence-electron chi connectivity index (χ1n) is 6.12. The molecular formula is C14H17NO3. The van der Waals surface area contributed by atoms with Crippen molar-refractivity contribution in [1.82, 2.24) is 5.32 Å². The molecule has 0 saturated heterocycles. The van der Waals surface area contributed by atoms with Crippen LogP contribution in [-0.4, -0.2) is 18.3 Å². The summed E-state index contributed by atoms with van der Waals surface area (Å²) in [6, 6.07) is 5.77. The minimum Gasteiger partial charge on any atom is -0.493 e. The summed E-state index contributed by atoms with van der Waals surface area (Å²) in [6.07, 6.45) is 1.64. The molecule has 0 aromatic heterocycles. The van der Waals surface area contributed by atoms with Crippen molar-refractivity contribution in [3.05, 3.63) is 29.3 Å². The van der Waals surface area contributed by atoms with Gasteiger partial charge in [-0.3, -0.25) is 9.59 Å². The van der Waals surface area contributed by atoms with Gasteiger partial charge in [-0.2, -0.15) is 0 Å². The predicted octanol–water partition coefficient (Wildman–Crippen LogP) is 1.91. The highest BCUT2D eigenvalue weighted by molar-refractivity contribution is 6.35. The van der Waals surface area contributed by atoms with E-state index >= 15 is 0 Å². The zero-order valence-electron chi connectivity index (χ0n) is 10.7.